The Balaban J connectivity index is 1.46. The van der Waals surface area contributed by atoms with E-state index < -0.39 is 22.1 Å². The summed E-state index contributed by atoms with van der Waals surface area (Å²) < 4.78 is 28.3. The molecule has 1 N–H and O–H groups in total. The molecule has 2 aliphatic heterocycles. The third-order valence-corrected chi connectivity index (χ3v) is 7.68. The lowest BCUT2D eigenvalue weighted by atomic mass is 10.1. The number of nitrogens with one attached hydrogen (secondary N) is 1. The summed E-state index contributed by atoms with van der Waals surface area (Å²) in [4.78, 5) is 33.0. The lowest BCUT2D eigenvalue weighted by Crippen LogP contribution is -2.51. The first-order chi connectivity index (χ1) is 14.8. The maximum atomic E-state index is 12.9. The van der Waals surface area contributed by atoms with Gasteiger partial charge in [0.25, 0.3) is 0 Å². The van der Waals surface area contributed by atoms with Gasteiger partial charge >= 0.3 is 0 Å². The SMILES string of the molecule is C[C@H](C(=O)N1CCCCC1)N1CC[C@@H](NS(=O)(=O)c2ccc3cc(Cl)ncc3c2)C1=O. The van der Waals surface area contributed by atoms with Gasteiger partial charge in [-0.15, -0.1) is 0 Å². The van der Waals surface area contributed by atoms with Crippen LogP contribution in [0.1, 0.15) is 32.6 Å². The first-order valence-corrected chi connectivity index (χ1v) is 12.3. The summed E-state index contributed by atoms with van der Waals surface area (Å²) >= 11 is 5.88. The van der Waals surface area contributed by atoms with Gasteiger partial charge in [-0.1, -0.05) is 17.7 Å². The quantitative estimate of drug-likeness (QED) is 0.683. The van der Waals surface area contributed by atoms with Crippen LogP contribution in [0.2, 0.25) is 5.15 Å². The maximum absolute atomic E-state index is 12.9. The average Bonchev–Trinajstić information content (AvgIpc) is 3.12. The summed E-state index contributed by atoms with van der Waals surface area (Å²) in [6.45, 7) is 3.48. The highest BCUT2D eigenvalue weighted by molar-refractivity contribution is 7.89. The molecule has 0 spiro atoms. The Bertz CT molecular complexity index is 1120. The molecule has 1 aromatic heterocycles. The Labute approximate surface area is 186 Å². The second-order valence-corrected chi connectivity index (χ2v) is 10.2. The fourth-order valence-corrected chi connectivity index (χ4v) is 5.65. The van der Waals surface area contributed by atoms with E-state index >= 15 is 0 Å². The number of likely N-dealkylation sites (tertiary alicyclic amines) is 2. The van der Waals surface area contributed by atoms with Crippen LogP contribution in [0, 0.1) is 0 Å². The number of piperidine rings is 1. The topological polar surface area (TPSA) is 99.7 Å². The summed E-state index contributed by atoms with van der Waals surface area (Å²) in [5.74, 6) is -0.437. The highest BCUT2D eigenvalue weighted by atomic mass is 35.5. The van der Waals surface area contributed by atoms with Crippen LogP contribution in [0.4, 0.5) is 0 Å². The number of benzene rings is 1. The molecule has 0 aliphatic carbocycles. The van der Waals surface area contributed by atoms with Gasteiger partial charge in [-0.3, -0.25) is 9.59 Å². The van der Waals surface area contributed by atoms with Gasteiger partial charge in [-0.05, 0) is 56.2 Å². The smallest absolute Gasteiger partial charge is 0.245 e. The number of sulfonamides is 1. The lowest BCUT2D eigenvalue weighted by Gasteiger charge is -2.32. The number of carbonyl (C=O) groups is 2. The van der Waals surface area contributed by atoms with E-state index in [1.165, 1.54) is 23.2 Å². The van der Waals surface area contributed by atoms with Crippen molar-refractivity contribution < 1.29 is 18.0 Å². The molecule has 31 heavy (non-hydrogen) atoms. The maximum Gasteiger partial charge on any atom is 0.245 e. The van der Waals surface area contributed by atoms with Crippen LogP contribution in [-0.2, 0) is 19.6 Å². The van der Waals surface area contributed by atoms with Crippen molar-refractivity contribution >= 4 is 44.2 Å². The van der Waals surface area contributed by atoms with Crippen LogP contribution in [0.25, 0.3) is 10.8 Å². The van der Waals surface area contributed by atoms with Crippen molar-refractivity contribution in [3.05, 3.63) is 35.6 Å². The highest BCUT2D eigenvalue weighted by Crippen LogP contribution is 2.23. The molecule has 3 heterocycles. The zero-order chi connectivity index (χ0) is 22.2. The molecule has 2 aromatic rings. The van der Waals surface area contributed by atoms with Crippen LogP contribution in [0.5, 0.6) is 0 Å². The van der Waals surface area contributed by atoms with Gasteiger partial charge in [0.1, 0.15) is 17.2 Å². The van der Waals surface area contributed by atoms with Crippen LogP contribution in [0.15, 0.2) is 35.4 Å². The van der Waals surface area contributed by atoms with E-state index in [0.29, 0.717) is 36.6 Å². The van der Waals surface area contributed by atoms with Crippen molar-refractivity contribution in [3.63, 3.8) is 0 Å². The van der Waals surface area contributed by atoms with Crippen LogP contribution in [0.3, 0.4) is 0 Å². The largest absolute Gasteiger partial charge is 0.341 e. The van der Waals surface area contributed by atoms with Gasteiger partial charge < -0.3 is 9.80 Å². The molecule has 0 unspecified atom stereocenters. The van der Waals surface area contributed by atoms with E-state index in [4.69, 9.17) is 11.6 Å². The van der Waals surface area contributed by atoms with Crippen molar-refractivity contribution in [1.82, 2.24) is 19.5 Å². The minimum absolute atomic E-state index is 0.0489. The minimum atomic E-state index is -3.92. The molecule has 8 nitrogen and oxygen atoms in total. The molecular weight excluding hydrogens is 440 g/mol. The molecule has 2 amide bonds. The molecule has 0 bridgehead atoms. The number of pyridine rings is 1. The number of rotatable bonds is 5. The fraction of sp³-hybridized carbons (Fsp3) is 0.476. The van der Waals surface area contributed by atoms with E-state index in [1.54, 1.807) is 24.0 Å². The van der Waals surface area contributed by atoms with Gasteiger partial charge in [-0.2, -0.15) is 4.72 Å². The third-order valence-electron chi connectivity index (χ3n) is 6.00. The zero-order valence-corrected chi connectivity index (χ0v) is 18.8. The van der Waals surface area contributed by atoms with Gasteiger partial charge in [0.15, 0.2) is 0 Å². The zero-order valence-electron chi connectivity index (χ0n) is 17.3. The van der Waals surface area contributed by atoms with Gasteiger partial charge in [-0.25, -0.2) is 13.4 Å². The fourth-order valence-electron chi connectivity index (χ4n) is 4.22. The lowest BCUT2D eigenvalue weighted by molar-refractivity contribution is -0.143. The Morgan fingerprint density at radius 2 is 1.90 bits per heavy atom. The van der Waals surface area contributed by atoms with Crippen molar-refractivity contribution in [2.75, 3.05) is 19.6 Å². The molecule has 10 heteroatoms. The molecule has 1 aromatic carbocycles. The summed E-state index contributed by atoms with van der Waals surface area (Å²) in [5.41, 5.74) is 0. The van der Waals surface area contributed by atoms with E-state index in [9.17, 15) is 18.0 Å². The number of hydrogen-bond donors (Lipinski definition) is 1. The predicted octanol–water partition coefficient (Wildman–Crippen LogP) is 2.17. The second-order valence-electron chi connectivity index (χ2n) is 8.07. The molecule has 2 saturated heterocycles. The molecule has 2 atom stereocenters. The van der Waals surface area contributed by atoms with Crippen LogP contribution < -0.4 is 4.72 Å². The monoisotopic (exact) mass is 464 g/mol. The molecule has 166 valence electrons. The number of fused-ring (bicyclic) bond motifs is 1. The normalized spacial score (nSPS) is 21.0. The number of aromatic nitrogens is 1. The van der Waals surface area contributed by atoms with Crippen molar-refractivity contribution in [1.29, 1.82) is 0 Å². The van der Waals surface area contributed by atoms with Gasteiger partial charge in [0.2, 0.25) is 21.8 Å². The Morgan fingerprint density at radius 3 is 2.65 bits per heavy atom. The number of carbonyl (C=O) groups excluding carboxylic acids is 2. The number of nitrogens with zero attached hydrogens (tertiary/aromatic N) is 3. The van der Waals surface area contributed by atoms with E-state index in [1.807, 2.05) is 0 Å². The molecule has 0 radical (unpaired) electrons. The molecule has 0 saturated carbocycles. The molecular formula is C21H25ClN4O4S. The van der Waals surface area contributed by atoms with Crippen molar-refractivity contribution in [2.45, 2.75) is 49.6 Å². The van der Waals surface area contributed by atoms with E-state index in [2.05, 4.69) is 9.71 Å². The predicted molar refractivity (Wildman–Crippen MR) is 117 cm³/mol. The van der Waals surface area contributed by atoms with Gasteiger partial charge in [0.05, 0.1) is 4.90 Å². The summed E-state index contributed by atoms with van der Waals surface area (Å²) in [5, 5.41) is 1.73. The summed E-state index contributed by atoms with van der Waals surface area (Å²) in [7, 11) is -3.92. The molecule has 2 fully saturated rings. The van der Waals surface area contributed by atoms with Crippen LogP contribution >= 0.6 is 11.6 Å². The van der Waals surface area contributed by atoms with Gasteiger partial charge in [0, 0.05) is 31.2 Å². The summed E-state index contributed by atoms with van der Waals surface area (Å²) in [6.07, 6.45) is 4.89. The average molecular weight is 465 g/mol. The minimum Gasteiger partial charge on any atom is -0.341 e. The molecule has 2 aliphatic rings. The number of hydrogen-bond acceptors (Lipinski definition) is 5. The molecule has 4 rings (SSSR count). The first-order valence-electron chi connectivity index (χ1n) is 10.4. The van der Waals surface area contributed by atoms with Crippen molar-refractivity contribution in [2.24, 2.45) is 0 Å². The van der Waals surface area contributed by atoms with E-state index in [0.717, 1.165) is 24.6 Å². The third kappa shape index (κ3) is 4.53. The summed E-state index contributed by atoms with van der Waals surface area (Å²) in [6, 6.07) is 4.79. The Hall–Kier alpha value is -2.23. The number of halogens is 1. The highest BCUT2D eigenvalue weighted by Gasteiger charge is 2.40. The van der Waals surface area contributed by atoms with E-state index in [-0.39, 0.29) is 16.7 Å². The number of amides is 2. The first kappa shape index (κ1) is 22.0. The Morgan fingerprint density at radius 1 is 1.16 bits per heavy atom. The second kappa shape index (κ2) is 8.72. The van der Waals surface area contributed by atoms with Crippen molar-refractivity contribution in [3.8, 4) is 0 Å². The standard InChI is InChI=1S/C21H25ClN4O4S/c1-14(20(27)25-8-3-2-4-9-25)26-10-7-18(21(26)28)24-31(29,30)17-6-5-15-12-19(22)23-13-16(15)11-17/h5-6,11-14,18,24H,2-4,7-10H2,1H3/t14-,18-/m1/s1. The Kier molecular flexibility index (Phi) is 6.18. The van der Waals surface area contributed by atoms with Crippen LogP contribution in [-0.4, -0.2) is 66.7 Å².